The van der Waals surface area contributed by atoms with Crippen molar-refractivity contribution >= 4 is 0 Å². The van der Waals surface area contributed by atoms with Crippen molar-refractivity contribution in [2.45, 2.75) is 12.5 Å². The Kier molecular flexibility index (Phi) is 3.19. The minimum atomic E-state index is -0.574. The van der Waals surface area contributed by atoms with Crippen LogP contribution < -0.4 is 5.73 Å². The van der Waals surface area contributed by atoms with Gasteiger partial charge in [0.1, 0.15) is 5.82 Å². The fourth-order valence-corrected chi connectivity index (χ4v) is 1.01. The van der Waals surface area contributed by atoms with Crippen LogP contribution in [0, 0.1) is 5.82 Å². The Labute approximate surface area is 70.8 Å². The molecular formula is C9H12FNO. The molecule has 12 heavy (non-hydrogen) atoms. The molecule has 3 N–H and O–H groups in total. The van der Waals surface area contributed by atoms with Crippen LogP contribution in [-0.2, 0) is 0 Å². The summed E-state index contributed by atoms with van der Waals surface area (Å²) in [6.45, 7) is 0.429. The highest BCUT2D eigenvalue weighted by molar-refractivity contribution is 5.18. The van der Waals surface area contributed by atoms with Gasteiger partial charge in [-0.25, -0.2) is 4.39 Å². The zero-order valence-corrected chi connectivity index (χ0v) is 6.70. The van der Waals surface area contributed by atoms with Crippen LogP contribution in [0.2, 0.25) is 0 Å². The Hall–Kier alpha value is -0.930. The summed E-state index contributed by atoms with van der Waals surface area (Å²) in [5.41, 5.74) is 5.97. The SMILES string of the molecule is NCC[C@H](O)c1ccc(F)cc1. The zero-order chi connectivity index (χ0) is 8.97. The van der Waals surface area contributed by atoms with Gasteiger partial charge in [0.15, 0.2) is 0 Å². The van der Waals surface area contributed by atoms with E-state index < -0.39 is 6.10 Å². The molecule has 1 aromatic carbocycles. The molecule has 3 heteroatoms. The van der Waals surface area contributed by atoms with Gasteiger partial charge in [-0.2, -0.15) is 0 Å². The van der Waals surface area contributed by atoms with E-state index in [1.54, 1.807) is 12.1 Å². The molecule has 0 heterocycles. The standard InChI is InChI=1S/C9H12FNO/c10-8-3-1-7(2-4-8)9(12)5-6-11/h1-4,9,12H,5-6,11H2/t9-/m0/s1. The first-order chi connectivity index (χ1) is 5.74. The second kappa shape index (κ2) is 4.18. The Morgan fingerprint density at radius 3 is 2.42 bits per heavy atom. The summed E-state index contributed by atoms with van der Waals surface area (Å²) >= 11 is 0. The minimum Gasteiger partial charge on any atom is -0.388 e. The van der Waals surface area contributed by atoms with E-state index in [9.17, 15) is 9.50 Å². The molecule has 1 aromatic rings. The van der Waals surface area contributed by atoms with Crippen LogP contribution in [0.25, 0.3) is 0 Å². The molecule has 1 atom stereocenters. The third-order valence-corrected chi connectivity index (χ3v) is 1.69. The number of aliphatic hydroxyl groups is 1. The zero-order valence-electron chi connectivity index (χ0n) is 6.70. The number of halogens is 1. The second-order valence-corrected chi connectivity index (χ2v) is 2.64. The summed E-state index contributed by atoms with van der Waals surface area (Å²) < 4.78 is 12.4. The number of nitrogens with two attached hydrogens (primary N) is 1. The van der Waals surface area contributed by atoms with Gasteiger partial charge in [-0.1, -0.05) is 12.1 Å². The van der Waals surface area contributed by atoms with Crippen LogP contribution >= 0.6 is 0 Å². The number of hydrogen-bond donors (Lipinski definition) is 2. The van der Waals surface area contributed by atoms with Crippen molar-refractivity contribution < 1.29 is 9.50 Å². The summed E-state index contributed by atoms with van der Waals surface area (Å²) in [5.74, 6) is -0.293. The van der Waals surface area contributed by atoms with Crippen molar-refractivity contribution in [3.05, 3.63) is 35.6 Å². The number of hydrogen-bond acceptors (Lipinski definition) is 2. The molecule has 0 aliphatic heterocycles. The fraction of sp³-hybridized carbons (Fsp3) is 0.333. The van der Waals surface area contributed by atoms with Crippen molar-refractivity contribution in [2.24, 2.45) is 5.73 Å². The summed E-state index contributed by atoms with van der Waals surface area (Å²) in [5, 5.41) is 9.41. The van der Waals surface area contributed by atoms with E-state index in [-0.39, 0.29) is 5.82 Å². The topological polar surface area (TPSA) is 46.2 Å². The van der Waals surface area contributed by atoms with Crippen molar-refractivity contribution in [1.29, 1.82) is 0 Å². The summed E-state index contributed by atoms with van der Waals surface area (Å²) in [7, 11) is 0. The fourth-order valence-electron chi connectivity index (χ4n) is 1.01. The monoisotopic (exact) mass is 169 g/mol. The Balaban J connectivity index is 2.68. The van der Waals surface area contributed by atoms with Crippen molar-refractivity contribution in [3.63, 3.8) is 0 Å². The molecule has 0 aliphatic carbocycles. The highest BCUT2D eigenvalue weighted by atomic mass is 19.1. The van der Waals surface area contributed by atoms with E-state index in [0.717, 1.165) is 0 Å². The van der Waals surface area contributed by atoms with Gasteiger partial charge in [0.25, 0.3) is 0 Å². The molecule has 0 unspecified atom stereocenters. The third kappa shape index (κ3) is 2.29. The first-order valence-corrected chi connectivity index (χ1v) is 3.87. The summed E-state index contributed by atoms with van der Waals surface area (Å²) in [6.07, 6.45) is -0.0679. The minimum absolute atomic E-state index is 0.293. The van der Waals surface area contributed by atoms with Crippen molar-refractivity contribution in [3.8, 4) is 0 Å². The highest BCUT2D eigenvalue weighted by Crippen LogP contribution is 2.15. The average Bonchev–Trinajstić information content (AvgIpc) is 2.06. The van der Waals surface area contributed by atoms with Gasteiger partial charge in [-0.05, 0) is 30.7 Å². The normalized spacial score (nSPS) is 12.9. The molecule has 0 spiro atoms. The highest BCUT2D eigenvalue weighted by Gasteiger charge is 2.04. The van der Waals surface area contributed by atoms with Gasteiger partial charge in [0.05, 0.1) is 6.10 Å². The van der Waals surface area contributed by atoms with Crippen molar-refractivity contribution in [2.75, 3.05) is 6.54 Å². The lowest BCUT2D eigenvalue weighted by atomic mass is 10.1. The van der Waals surface area contributed by atoms with Gasteiger partial charge >= 0.3 is 0 Å². The van der Waals surface area contributed by atoms with E-state index in [4.69, 9.17) is 5.73 Å². The van der Waals surface area contributed by atoms with Crippen molar-refractivity contribution in [1.82, 2.24) is 0 Å². The molecule has 0 aromatic heterocycles. The van der Waals surface area contributed by atoms with E-state index in [2.05, 4.69) is 0 Å². The number of benzene rings is 1. The maximum Gasteiger partial charge on any atom is 0.123 e. The lowest BCUT2D eigenvalue weighted by molar-refractivity contribution is 0.170. The number of aliphatic hydroxyl groups excluding tert-OH is 1. The average molecular weight is 169 g/mol. The Morgan fingerprint density at radius 2 is 1.92 bits per heavy atom. The predicted molar refractivity (Wildman–Crippen MR) is 45.0 cm³/mol. The van der Waals surface area contributed by atoms with Gasteiger partial charge < -0.3 is 10.8 Å². The quantitative estimate of drug-likeness (QED) is 0.714. The molecule has 0 radical (unpaired) electrons. The summed E-state index contributed by atoms with van der Waals surface area (Å²) in [6, 6.07) is 5.79. The van der Waals surface area contributed by atoms with Crippen LogP contribution in [0.15, 0.2) is 24.3 Å². The Morgan fingerprint density at radius 1 is 1.33 bits per heavy atom. The molecule has 0 saturated carbocycles. The maximum atomic E-state index is 12.4. The predicted octanol–water partition coefficient (Wildman–Crippen LogP) is 1.21. The van der Waals surface area contributed by atoms with Crippen LogP contribution in [0.4, 0.5) is 4.39 Å². The molecule has 2 nitrogen and oxygen atoms in total. The second-order valence-electron chi connectivity index (χ2n) is 2.64. The molecule has 0 bridgehead atoms. The van der Waals surface area contributed by atoms with E-state index in [1.165, 1.54) is 12.1 Å². The van der Waals surface area contributed by atoms with Crippen LogP contribution in [0.1, 0.15) is 18.1 Å². The van der Waals surface area contributed by atoms with Gasteiger partial charge in [-0.3, -0.25) is 0 Å². The van der Waals surface area contributed by atoms with E-state index >= 15 is 0 Å². The number of rotatable bonds is 3. The van der Waals surface area contributed by atoms with Crippen LogP contribution in [-0.4, -0.2) is 11.7 Å². The van der Waals surface area contributed by atoms with E-state index in [0.29, 0.717) is 18.5 Å². The molecule has 0 amide bonds. The summed E-state index contributed by atoms with van der Waals surface area (Å²) in [4.78, 5) is 0. The van der Waals surface area contributed by atoms with E-state index in [1.807, 2.05) is 0 Å². The maximum absolute atomic E-state index is 12.4. The molecule has 0 saturated heterocycles. The molecule has 66 valence electrons. The largest absolute Gasteiger partial charge is 0.388 e. The van der Waals surface area contributed by atoms with Gasteiger partial charge in [-0.15, -0.1) is 0 Å². The lowest BCUT2D eigenvalue weighted by Crippen LogP contribution is -2.06. The first-order valence-electron chi connectivity index (χ1n) is 3.87. The Bertz CT molecular complexity index is 235. The molecule has 0 fully saturated rings. The third-order valence-electron chi connectivity index (χ3n) is 1.69. The van der Waals surface area contributed by atoms with Crippen LogP contribution in [0.3, 0.4) is 0 Å². The molecule has 0 aliphatic rings. The smallest absolute Gasteiger partial charge is 0.123 e. The van der Waals surface area contributed by atoms with Gasteiger partial charge in [0, 0.05) is 0 Å². The first kappa shape index (κ1) is 9.16. The lowest BCUT2D eigenvalue weighted by Gasteiger charge is -2.08. The van der Waals surface area contributed by atoms with Crippen LogP contribution in [0.5, 0.6) is 0 Å². The molecular weight excluding hydrogens is 157 g/mol. The molecule has 1 rings (SSSR count). The van der Waals surface area contributed by atoms with Gasteiger partial charge in [0.2, 0.25) is 0 Å².